The molecule has 0 unspecified atom stereocenters. The Balaban J connectivity index is 3.15. The molecule has 0 bridgehead atoms. The Kier molecular flexibility index (Phi) is 5.72. The van der Waals surface area contributed by atoms with Crippen LogP contribution >= 0.6 is 11.6 Å². The Morgan fingerprint density at radius 2 is 2.05 bits per heavy atom. The molecule has 1 aromatic carbocycles. The molecule has 0 fully saturated rings. The van der Waals surface area contributed by atoms with Crippen molar-refractivity contribution in [3.05, 3.63) is 33.3 Å². The zero-order valence-electron chi connectivity index (χ0n) is 11.2. The van der Waals surface area contributed by atoms with E-state index in [1.807, 2.05) is 19.0 Å². The number of nitrogens with zero attached hydrogens (tertiary/aromatic N) is 3. The molecule has 0 heterocycles. The van der Waals surface area contributed by atoms with E-state index in [4.69, 9.17) is 16.7 Å². The number of hydrogen-bond donors (Lipinski definition) is 1. The Labute approximate surface area is 121 Å². The second-order valence-corrected chi connectivity index (χ2v) is 4.89. The summed E-state index contributed by atoms with van der Waals surface area (Å²) in [6.45, 7) is 0.590. The number of halogens is 1. The fourth-order valence-corrected chi connectivity index (χ4v) is 1.95. The Bertz CT molecular complexity index is 507. The lowest BCUT2D eigenvalue weighted by Gasteiger charge is -2.24. The first-order valence-corrected chi connectivity index (χ1v) is 6.25. The zero-order chi connectivity index (χ0) is 15.3. The molecule has 0 spiro atoms. The second-order valence-electron chi connectivity index (χ2n) is 4.48. The van der Waals surface area contributed by atoms with Crippen LogP contribution in [0.1, 0.15) is 0 Å². The zero-order valence-corrected chi connectivity index (χ0v) is 12.0. The van der Waals surface area contributed by atoms with Gasteiger partial charge in [-0.05, 0) is 26.2 Å². The van der Waals surface area contributed by atoms with Crippen molar-refractivity contribution >= 4 is 28.9 Å². The van der Waals surface area contributed by atoms with Gasteiger partial charge in [-0.25, -0.2) is 0 Å². The Hall–Kier alpha value is -1.86. The van der Waals surface area contributed by atoms with Gasteiger partial charge in [0, 0.05) is 13.1 Å². The van der Waals surface area contributed by atoms with E-state index in [1.165, 1.54) is 17.0 Å². The molecule has 0 aliphatic carbocycles. The molecular weight excluding hydrogens is 286 g/mol. The van der Waals surface area contributed by atoms with E-state index in [9.17, 15) is 14.9 Å². The van der Waals surface area contributed by atoms with Crippen molar-refractivity contribution in [3.8, 4) is 0 Å². The third-order valence-electron chi connectivity index (χ3n) is 2.63. The minimum atomic E-state index is -1.06. The van der Waals surface area contributed by atoms with Crippen molar-refractivity contribution in [2.75, 3.05) is 38.6 Å². The number of carboxylic acid groups (broad SMARTS) is 1. The molecule has 1 aromatic rings. The van der Waals surface area contributed by atoms with E-state index in [1.54, 1.807) is 6.07 Å². The summed E-state index contributed by atoms with van der Waals surface area (Å²) in [7, 11) is 3.68. The first-order valence-electron chi connectivity index (χ1n) is 5.87. The maximum Gasteiger partial charge on any atom is 0.323 e. The minimum Gasteiger partial charge on any atom is -0.480 e. The molecule has 0 aliphatic rings. The number of hydrogen-bond acceptors (Lipinski definition) is 5. The topological polar surface area (TPSA) is 86.9 Å². The van der Waals surface area contributed by atoms with Crippen LogP contribution in [-0.2, 0) is 4.79 Å². The maximum absolute atomic E-state index is 11.1. The molecule has 0 aliphatic heterocycles. The number of para-hydroxylation sites is 1. The molecular formula is C12H16ClN3O4. The van der Waals surface area contributed by atoms with Gasteiger partial charge in [-0.3, -0.25) is 14.9 Å². The van der Waals surface area contributed by atoms with Crippen molar-refractivity contribution in [2.24, 2.45) is 0 Å². The molecule has 7 nitrogen and oxygen atoms in total. The van der Waals surface area contributed by atoms with Gasteiger partial charge in [-0.1, -0.05) is 17.7 Å². The lowest BCUT2D eigenvalue weighted by atomic mass is 10.2. The average molecular weight is 302 g/mol. The van der Waals surface area contributed by atoms with E-state index in [0.29, 0.717) is 13.1 Å². The third-order valence-corrected chi connectivity index (χ3v) is 2.94. The lowest BCUT2D eigenvalue weighted by Crippen LogP contribution is -2.36. The van der Waals surface area contributed by atoms with E-state index in [2.05, 4.69) is 0 Å². The summed E-state index contributed by atoms with van der Waals surface area (Å²) in [6.07, 6.45) is 0. The highest BCUT2D eigenvalue weighted by Crippen LogP contribution is 2.34. The Morgan fingerprint density at radius 1 is 1.40 bits per heavy atom. The molecule has 1 rings (SSSR count). The number of nitro groups is 1. The highest BCUT2D eigenvalue weighted by molar-refractivity contribution is 6.33. The molecule has 0 saturated heterocycles. The molecule has 110 valence electrons. The summed E-state index contributed by atoms with van der Waals surface area (Å²) in [5.74, 6) is -1.06. The van der Waals surface area contributed by atoms with Gasteiger partial charge in [0.1, 0.15) is 17.3 Å². The minimum absolute atomic E-state index is 0.00672. The molecule has 20 heavy (non-hydrogen) atoms. The molecule has 0 amide bonds. The summed E-state index contributed by atoms with van der Waals surface area (Å²) in [4.78, 5) is 24.8. The predicted octanol–water partition coefficient (Wildman–Crippen LogP) is 1.70. The molecule has 1 N–H and O–H groups in total. The fraction of sp³-hybridized carbons (Fsp3) is 0.417. The SMILES string of the molecule is CN(C)CCN(CC(=O)O)c1cccc(Cl)c1[N+](=O)[O-]. The van der Waals surface area contributed by atoms with E-state index >= 15 is 0 Å². The highest BCUT2D eigenvalue weighted by Gasteiger charge is 2.24. The molecule has 0 saturated carbocycles. The van der Waals surface area contributed by atoms with Crippen LogP contribution in [0.5, 0.6) is 0 Å². The van der Waals surface area contributed by atoms with Gasteiger partial charge < -0.3 is 14.9 Å². The quantitative estimate of drug-likeness (QED) is 0.609. The maximum atomic E-state index is 11.1. The number of aliphatic carboxylic acids is 1. The summed E-state index contributed by atoms with van der Waals surface area (Å²) >= 11 is 5.84. The first-order chi connectivity index (χ1) is 9.32. The normalized spacial score (nSPS) is 10.6. The molecule has 8 heteroatoms. The van der Waals surface area contributed by atoms with Gasteiger partial charge in [-0.2, -0.15) is 0 Å². The van der Waals surface area contributed by atoms with Crippen LogP contribution in [0.3, 0.4) is 0 Å². The van der Waals surface area contributed by atoms with Gasteiger partial charge in [0.25, 0.3) is 0 Å². The summed E-state index contributed by atoms with van der Waals surface area (Å²) in [6, 6.07) is 4.48. The van der Waals surface area contributed by atoms with Crippen molar-refractivity contribution in [1.29, 1.82) is 0 Å². The van der Waals surface area contributed by atoms with E-state index < -0.39 is 10.9 Å². The Morgan fingerprint density at radius 3 is 2.55 bits per heavy atom. The largest absolute Gasteiger partial charge is 0.480 e. The lowest BCUT2D eigenvalue weighted by molar-refractivity contribution is -0.384. The number of likely N-dealkylation sites (N-methyl/N-ethyl adjacent to an activating group) is 1. The third kappa shape index (κ3) is 4.36. The standard InChI is InChI=1S/C12H16ClN3O4/c1-14(2)6-7-15(8-11(17)18)10-5-3-4-9(13)12(10)16(19)20/h3-5H,6-8H2,1-2H3,(H,17,18). The van der Waals surface area contributed by atoms with Crippen LogP contribution in [0, 0.1) is 10.1 Å². The van der Waals surface area contributed by atoms with Crippen molar-refractivity contribution < 1.29 is 14.8 Å². The van der Waals surface area contributed by atoms with Crippen LogP contribution in [0.25, 0.3) is 0 Å². The van der Waals surface area contributed by atoms with Crippen LogP contribution in [0.4, 0.5) is 11.4 Å². The summed E-state index contributed by atoms with van der Waals surface area (Å²) < 4.78 is 0. The summed E-state index contributed by atoms with van der Waals surface area (Å²) in [5, 5.41) is 20.1. The molecule has 0 aromatic heterocycles. The number of rotatable bonds is 7. The van der Waals surface area contributed by atoms with Gasteiger partial charge in [0.05, 0.1) is 4.92 Å². The predicted molar refractivity (Wildman–Crippen MR) is 76.5 cm³/mol. The smallest absolute Gasteiger partial charge is 0.323 e. The number of nitro benzene ring substituents is 1. The monoisotopic (exact) mass is 301 g/mol. The van der Waals surface area contributed by atoms with Crippen molar-refractivity contribution in [1.82, 2.24) is 4.90 Å². The van der Waals surface area contributed by atoms with Gasteiger partial charge in [-0.15, -0.1) is 0 Å². The van der Waals surface area contributed by atoms with Crippen LogP contribution in [-0.4, -0.2) is 54.6 Å². The van der Waals surface area contributed by atoms with Crippen molar-refractivity contribution in [3.63, 3.8) is 0 Å². The molecule has 0 atom stereocenters. The van der Waals surface area contributed by atoms with E-state index in [-0.39, 0.29) is 22.9 Å². The van der Waals surface area contributed by atoms with E-state index in [0.717, 1.165) is 0 Å². The van der Waals surface area contributed by atoms with Crippen LogP contribution < -0.4 is 4.90 Å². The van der Waals surface area contributed by atoms with Crippen LogP contribution in [0.2, 0.25) is 5.02 Å². The first kappa shape index (κ1) is 16.2. The number of carboxylic acids is 1. The summed E-state index contributed by atoms with van der Waals surface area (Å²) in [5.41, 5.74) is -0.0547. The molecule has 0 radical (unpaired) electrons. The second kappa shape index (κ2) is 7.06. The number of carbonyl (C=O) groups is 1. The average Bonchev–Trinajstić information content (AvgIpc) is 2.33. The van der Waals surface area contributed by atoms with Gasteiger partial charge in [0.2, 0.25) is 0 Å². The van der Waals surface area contributed by atoms with Gasteiger partial charge >= 0.3 is 11.7 Å². The highest BCUT2D eigenvalue weighted by atomic mass is 35.5. The fourth-order valence-electron chi connectivity index (χ4n) is 1.71. The number of benzene rings is 1. The van der Waals surface area contributed by atoms with Crippen molar-refractivity contribution in [2.45, 2.75) is 0 Å². The number of anilines is 1. The van der Waals surface area contributed by atoms with Crippen LogP contribution in [0.15, 0.2) is 18.2 Å². The van der Waals surface area contributed by atoms with Gasteiger partial charge in [0.15, 0.2) is 0 Å².